The number of hydrogen-bond donors (Lipinski definition) is 0. The zero-order valence-corrected chi connectivity index (χ0v) is 10.3. The molecule has 1 aromatic rings. The number of hydrogen-bond acceptors (Lipinski definition) is 2. The Balaban J connectivity index is 2.17. The second-order valence-electron chi connectivity index (χ2n) is 4.17. The van der Waals surface area contributed by atoms with Crippen LogP contribution in [0.25, 0.3) is 0 Å². The molecule has 1 heterocycles. The van der Waals surface area contributed by atoms with E-state index in [1.54, 1.807) is 0 Å². The van der Waals surface area contributed by atoms with E-state index in [-0.39, 0.29) is 0 Å². The summed E-state index contributed by atoms with van der Waals surface area (Å²) in [4.78, 5) is 13.4. The lowest BCUT2D eigenvalue weighted by molar-refractivity contribution is -0.119. The van der Waals surface area contributed by atoms with Crippen LogP contribution in [0.5, 0.6) is 0 Å². The highest BCUT2D eigenvalue weighted by Gasteiger charge is 2.18. The summed E-state index contributed by atoms with van der Waals surface area (Å²) >= 11 is 6.25. The molecule has 0 radical (unpaired) electrons. The minimum atomic E-state index is 0.359. The molecule has 0 amide bonds. The molecule has 0 atom stereocenters. The number of benzene rings is 1. The van der Waals surface area contributed by atoms with Gasteiger partial charge in [0.25, 0.3) is 0 Å². The summed E-state index contributed by atoms with van der Waals surface area (Å²) in [5.41, 5.74) is 2.31. The fourth-order valence-electron chi connectivity index (χ4n) is 2.02. The molecule has 0 unspecified atom stereocenters. The van der Waals surface area contributed by atoms with Crippen molar-refractivity contribution in [2.45, 2.75) is 26.2 Å². The van der Waals surface area contributed by atoms with Crippen molar-refractivity contribution in [2.24, 2.45) is 0 Å². The van der Waals surface area contributed by atoms with E-state index in [0.717, 1.165) is 30.2 Å². The first-order valence-electron chi connectivity index (χ1n) is 5.75. The molecule has 0 bridgehead atoms. The van der Waals surface area contributed by atoms with Crippen molar-refractivity contribution in [3.63, 3.8) is 0 Å². The fraction of sp³-hybridized carbons (Fsp3) is 0.462. The van der Waals surface area contributed by atoms with Crippen LogP contribution in [0.1, 0.15) is 25.3 Å². The molecule has 0 spiro atoms. The second kappa shape index (κ2) is 4.88. The van der Waals surface area contributed by atoms with Crippen LogP contribution < -0.4 is 4.90 Å². The Kier molecular flexibility index (Phi) is 3.49. The number of aryl methyl sites for hydroxylation is 1. The van der Waals surface area contributed by atoms with E-state index in [1.807, 2.05) is 6.07 Å². The summed E-state index contributed by atoms with van der Waals surface area (Å²) < 4.78 is 0. The lowest BCUT2D eigenvalue weighted by atomic mass is 10.1. The molecule has 1 aliphatic rings. The third kappa shape index (κ3) is 2.38. The van der Waals surface area contributed by atoms with Crippen LogP contribution in [0.2, 0.25) is 5.02 Å². The normalized spacial score (nSPS) is 16.6. The van der Waals surface area contributed by atoms with Gasteiger partial charge in [-0.1, -0.05) is 24.6 Å². The SMILES string of the molecule is CCc1ccc(N2CCC(=O)CC2)c(Cl)c1. The quantitative estimate of drug-likeness (QED) is 0.788. The minimum absolute atomic E-state index is 0.359. The molecular formula is C13H16ClNO. The number of nitrogens with zero attached hydrogens (tertiary/aromatic N) is 1. The molecule has 0 aromatic heterocycles. The molecule has 1 fully saturated rings. The highest BCUT2D eigenvalue weighted by Crippen LogP contribution is 2.28. The van der Waals surface area contributed by atoms with Crippen molar-refractivity contribution in [1.82, 2.24) is 0 Å². The van der Waals surface area contributed by atoms with Crippen LogP contribution in [0.15, 0.2) is 18.2 Å². The van der Waals surface area contributed by atoms with Gasteiger partial charge >= 0.3 is 0 Å². The Bertz CT molecular complexity index is 393. The van der Waals surface area contributed by atoms with Gasteiger partial charge in [0.05, 0.1) is 10.7 Å². The molecule has 0 aliphatic carbocycles. The maximum absolute atomic E-state index is 11.2. The largest absolute Gasteiger partial charge is 0.369 e. The molecule has 1 aromatic carbocycles. The molecule has 86 valence electrons. The van der Waals surface area contributed by atoms with E-state index >= 15 is 0 Å². The van der Waals surface area contributed by atoms with Crippen LogP contribution in [0.4, 0.5) is 5.69 Å². The minimum Gasteiger partial charge on any atom is -0.369 e. The molecular weight excluding hydrogens is 222 g/mol. The number of ketones is 1. The summed E-state index contributed by atoms with van der Waals surface area (Å²) in [7, 11) is 0. The van der Waals surface area contributed by atoms with Crippen LogP contribution >= 0.6 is 11.6 Å². The van der Waals surface area contributed by atoms with E-state index in [0.29, 0.717) is 18.6 Å². The van der Waals surface area contributed by atoms with E-state index in [2.05, 4.69) is 24.0 Å². The Hall–Kier alpha value is -1.02. The number of piperidine rings is 1. The van der Waals surface area contributed by atoms with Gasteiger partial charge in [0.2, 0.25) is 0 Å². The van der Waals surface area contributed by atoms with Crippen molar-refractivity contribution in [3.05, 3.63) is 28.8 Å². The van der Waals surface area contributed by atoms with Crippen molar-refractivity contribution in [3.8, 4) is 0 Å². The zero-order valence-electron chi connectivity index (χ0n) is 9.50. The van der Waals surface area contributed by atoms with E-state index in [4.69, 9.17) is 11.6 Å². The highest BCUT2D eigenvalue weighted by atomic mass is 35.5. The lowest BCUT2D eigenvalue weighted by Gasteiger charge is -2.29. The van der Waals surface area contributed by atoms with Crippen LogP contribution in [0, 0.1) is 0 Å². The number of rotatable bonds is 2. The molecule has 3 heteroatoms. The third-order valence-corrected chi connectivity index (χ3v) is 3.38. The Morgan fingerprint density at radius 3 is 2.56 bits per heavy atom. The molecule has 2 nitrogen and oxygen atoms in total. The highest BCUT2D eigenvalue weighted by molar-refractivity contribution is 6.33. The Morgan fingerprint density at radius 1 is 1.31 bits per heavy atom. The summed E-state index contributed by atoms with van der Waals surface area (Å²) in [5, 5.41) is 0.800. The van der Waals surface area contributed by atoms with Gasteiger partial charge in [-0.05, 0) is 24.1 Å². The number of carbonyl (C=O) groups is 1. The topological polar surface area (TPSA) is 20.3 Å². The van der Waals surface area contributed by atoms with Crippen molar-refractivity contribution in [1.29, 1.82) is 0 Å². The van der Waals surface area contributed by atoms with Gasteiger partial charge < -0.3 is 4.90 Å². The molecule has 16 heavy (non-hydrogen) atoms. The molecule has 0 N–H and O–H groups in total. The lowest BCUT2D eigenvalue weighted by Crippen LogP contribution is -2.33. The monoisotopic (exact) mass is 237 g/mol. The summed E-state index contributed by atoms with van der Waals surface area (Å²) in [6.45, 7) is 3.71. The number of carbonyl (C=O) groups excluding carboxylic acids is 1. The first-order valence-corrected chi connectivity index (χ1v) is 6.13. The number of anilines is 1. The zero-order chi connectivity index (χ0) is 11.5. The van der Waals surface area contributed by atoms with Crippen molar-refractivity contribution in [2.75, 3.05) is 18.0 Å². The van der Waals surface area contributed by atoms with Gasteiger partial charge in [0.15, 0.2) is 0 Å². The van der Waals surface area contributed by atoms with Crippen LogP contribution in [-0.2, 0) is 11.2 Å². The van der Waals surface area contributed by atoms with Gasteiger partial charge in [0, 0.05) is 25.9 Å². The van der Waals surface area contributed by atoms with E-state index in [9.17, 15) is 4.79 Å². The predicted molar refractivity (Wildman–Crippen MR) is 67.3 cm³/mol. The van der Waals surface area contributed by atoms with E-state index in [1.165, 1.54) is 5.56 Å². The van der Waals surface area contributed by atoms with Crippen LogP contribution in [0.3, 0.4) is 0 Å². The standard InChI is InChI=1S/C13H16ClNO/c1-2-10-3-4-13(12(14)9-10)15-7-5-11(16)6-8-15/h3-4,9H,2,5-8H2,1H3. The average molecular weight is 238 g/mol. The average Bonchev–Trinajstić information content (AvgIpc) is 2.30. The van der Waals surface area contributed by atoms with Gasteiger partial charge in [-0.3, -0.25) is 4.79 Å². The molecule has 1 aliphatic heterocycles. The Labute approximate surface area is 101 Å². The second-order valence-corrected chi connectivity index (χ2v) is 4.57. The smallest absolute Gasteiger partial charge is 0.136 e. The first-order chi connectivity index (χ1) is 7.70. The summed E-state index contributed by atoms with van der Waals surface area (Å²) in [5.74, 6) is 0.359. The molecule has 0 saturated carbocycles. The Morgan fingerprint density at radius 2 is 2.00 bits per heavy atom. The van der Waals surface area contributed by atoms with Crippen molar-refractivity contribution < 1.29 is 4.79 Å². The summed E-state index contributed by atoms with van der Waals surface area (Å²) in [6.07, 6.45) is 2.29. The van der Waals surface area contributed by atoms with Gasteiger partial charge in [-0.25, -0.2) is 0 Å². The number of halogens is 1. The maximum Gasteiger partial charge on any atom is 0.136 e. The molecule has 2 rings (SSSR count). The van der Waals surface area contributed by atoms with Crippen LogP contribution in [-0.4, -0.2) is 18.9 Å². The third-order valence-electron chi connectivity index (χ3n) is 3.08. The first kappa shape index (κ1) is 11.5. The summed E-state index contributed by atoms with van der Waals surface area (Å²) in [6, 6.07) is 6.20. The van der Waals surface area contributed by atoms with Crippen molar-refractivity contribution >= 4 is 23.1 Å². The van der Waals surface area contributed by atoms with E-state index < -0.39 is 0 Å². The van der Waals surface area contributed by atoms with Gasteiger partial charge in [-0.15, -0.1) is 0 Å². The predicted octanol–water partition coefficient (Wildman–Crippen LogP) is 3.07. The van der Waals surface area contributed by atoms with Gasteiger partial charge in [0.1, 0.15) is 5.78 Å². The number of Topliss-reactive ketones (excluding diaryl/α,β-unsaturated/α-hetero) is 1. The maximum atomic E-state index is 11.2. The van der Waals surface area contributed by atoms with Gasteiger partial charge in [-0.2, -0.15) is 0 Å². The fourth-order valence-corrected chi connectivity index (χ4v) is 2.35. The molecule has 1 saturated heterocycles.